The summed E-state index contributed by atoms with van der Waals surface area (Å²) in [5, 5.41) is 20.9. The zero-order valence-electron chi connectivity index (χ0n) is 8.41. The fourth-order valence-corrected chi connectivity index (χ4v) is 1.10. The molecule has 7 heteroatoms. The molecule has 0 saturated heterocycles. The Morgan fingerprint density at radius 1 is 1.38 bits per heavy atom. The number of nitrogen functional groups attached to an aromatic ring is 1. The van der Waals surface area contributed by atoms with Gasteiger partial charge in [-0.05, 0) is 11.6 Å². The van der Waals surface area contributed by atoms with E-state index in [2.05, 4.69) is 0 Å². The van der Waals surface area contributed by atoms with Gasteiger partial charge in [0.05, 0.1) is 9.85 Å². The number of anilines is 1. The van der Waals surface area contributed by atoms with Crippen molar-refractivity contribution in [1.29, 1.82) is 0 Å². The molecule has 0 fully saturated rings. The molecule has 0 unspecified atom stereocenters. The third kappa shape index (κ3) is 2.53. The number of nitrogens with two attached hydrogens (primary N) is 1. The molecule has 1 rings (SSSR count). The van der Waals surface area contributed by atoms with Crippen LogP contribution in [0.4, 0.5) is 11.4 Å². The first-order valence-electron chi connectivity index (χ1n) is 4.28. The van der Waals surface area contributed by atoms with E-state index in [0.717, 1.165) is 0 Å². The van der Waals surface area contributed by atoms with Gasteiger partial charge in [0.2, 0.25) is 5.70 Å². The summed E-state index contributed by atoms with van der Waals surface area (Å²) < 4.78 is 0. The molecule has 0 heterocycles. The van der Waals surface area contributed by atoms with Crippen LogP contribution in [0.5, 0.6) is 0 Å². The van der Waals surface area contributed by atoms with Crippen LogP contribution in [0.2, 0.25) is 0 Å². The minimum absolute atomic E-state index is 0.0286. The van der Waals surface area contributed by atoms with Crippen molar-refractivity contribution >= 4 is 17.5 Å². The maximum absolute atomic E-state index is 10.6. The quantitative estimate of drug-likeness (QED) is 0.477. The van der Waals surface area contributed by atoms with Gasteiger partial charge in [0.1, 0.15) is 5.69 Å². The van der Waals surface area contributed by atoms with E-state index in [1.807, 2.05) is 0 Å². The fraction of sp³-hybridized carbons (Fsp3) is 0.111. The molecule has 1 aromatic rings. The van der Waals surface area contributed by atoms with Crippen LogP contribution in [-0.4, -0.2) is 9.85 Å². The first-order valence-corrected chi connectivity index (χ1v) is 4.28. The van der Waals surface area contributed by atoms with Gasteiger partial charge < -0.3 is 5.73 Å². The highest BCUT2D eigenvalue weighted by Gasteiger charge is 2.12. The second-order valence-corrected chi connectivity index (χ2v) is 3.12. The number of allylic oxidation sites excluding steroid dienone is 1. The highest BCUT2D eigenvalue weighted by atomic mass is 16.6. The minimum Gasteiger partial charge on any atom is -0.393 e. The molecular weight excluding hydrogens is 214 g/mol. The average Bonchev–Trinajstić information content (AvgIpc) is 2.20. The van der Waals surface area contributed by atoms with Crippen LogP contribution in [0.25, 0.3) is 6.08 Å². The maximum Gasteiger partial charge on any atom is 0.292 e. The molecule has 16 heavy (non-hydrogen) atoms. The summed E-state index contributed by atoms with van der Waals surface area (Å²) in [6, 6.07) is 4.02. The van der Waals surface area contributed by atoms with Gasteiger partial charge in [-0.3, -0.25) is 20.2 Å². The highest BCUT2D eigenvalue weighted by Crippen LogP contribution is 2.23. The van der Waals surface area contributed by atoms with E-state index >= 15 is 0 Å². The van der Waals surface area contributed by atoms with Gasteiger partial charge in [-0.1, -0.05) is 6.07 Å². The molecule has 0 aromatic heterocycles. The molecule has 0 amide bonds. The summed E-state index contributed by atoms with van der Waals surface area (Å²) in [5.74, 6) is 0. The van der Waals surface area contributed by atoms with Crippen molar-refractivity contribution < 1.29 is 9.85 Å². The molecule has 0 bridgehead atoms. The van der Waals surface area contributed by atoms with Crippen LogP contribution in [0, 0.1) is 20.2 Å². The predicted octanol–water partition coefficient (Wildman–Crippen LogP) is 1.81. The third-order valence-electron chi connectivity index (χ3n) is 1.91. The first-order chi connectivity index (χ1) is 7.41. The molecule has 0 atom stereocenters. The summed E-state index contributed by atoms with van der Waals surface area (Å²) in [5.41, 5.74) is 5.43. The van der Waals surface area contributed by atoms with Crippen molar-refractivity contribution in [3.8, 4) is 0 Å². The van der Waals surface area contributed by atoms with Gasteiger partial charge in [-0.15, -0.1) is 0 Å². The lowest BCUT2D eigenvalue weighted by atomic mass is 10.1. The van der Waals surface area contributed by atoms with Gasteiger partial charge in [-0.25, -0.2) is 0 Å². The van der Waals surface area contributed by atoms with E-state index in [9.17, 15) is 20.2 Å². The second-order valence-electron chi connectivity index (χ2n) is 3.12. The number of rotatable bonds is 3. The first kappa shape index (κ1) is 11.6. The van der Waals surface area contributed by atoms with Crippen LogP contribution < -0.4 is 5.73 Å². The largest absolute Gasteiger partial charge is 0.393 e. The summed E-state index contributed by atoms with van der Waals surface area (Å²) in [6.45, 7) is 1.31. The molecule has 0 aliphatic rings. The summed E-state index contributed by atoms with van der Waals surface area (Å²) in [4.78, 5) is 19.7. The number of nitro groups is 2. The Kier molecular flexibility index (Phi) is 3.19. The van der Waals surface area contributed by atoms with Crippen LogP contribution in [-0.2, 0) is 0 Å². The average molecular weight is 223 g/mol. The second kappa shape index (κ2) is 4.39. The van der Waals surface area contributed by atoms with E-state index in [1.54, 1.807) is 0 Å². The van der Waals surface area contributed by atoms with Crippen molar-refractivity contribution in [2.75, 3.05) is 5.73 Å². The van der Waals surface area contributed by atoms with E-state index in [-0.39, 0.29) is 17.1 Å². The number of nitro benzene ring substituents is 1. The van der Waals surface area contributed by atoms with Gasteiger partial charge in [-0.2, -0.15) is 0 Å². The van der Waals surface area contributed by atoms with E-state index < -0.39 is 9.85 Å². The van der Waals surface area contributed by atoms with Crippen molar-refractivity contribution in [1.82, 2.24) is 0 Å². The number of nitrogens with zero attached hydrogens (tertiary/aromatic N) is 2. The number of hydrogen-bond acceptors (Lipinski definition) is 5. The number of hydrogen-bond donors (Lipinski definition) is 1. The number of benzene rings is 1. The third-order valence-corrected chi connectivity index (χ3v) is 1.91. The molecular formula is C9H9N3O4. The van der Waals surface area contributed by atoms with E-state index in [4.69, 9.17) is 5.73 Å². The van der Waals surface area contributed by atoms with Gasteiger partial charge >= 0.3 is 0 Å². The van der Waals surface area contributed by atoms with Crippen molar-refractivity contribution in [3.05, 3.63) is 49.7 Å². The Labute approximate surface area is 90.5 Å². The molecule has 84 valence electrons. The lowest BCUT2D eigenvalue weighted by Crippen LogP contribution is -1.97. The Hall–Kier alpha value is -2.44. The molecule has 0 aliphatic carbocycles. The fourth-order valence-electron chi connectivity index (χ4n) is 1.10. The van der Waals surface area contributed by atoms with Gasteiger partial charge in [0.15, 0.2) is 0 Å². The topological polar surface area (TPSA) is 112 Å². The summed E-state index contributed by atoms with van der Waals surface area (Å²) in [7, 11) is 0. The predicted molar refractivity (Wildman–Crippen MR) is 58.2 cm³/mol. The molecule has 7 nitrogen and oxygen atoms in total. The van der Waals surface area contributed by atoms with E-state index in [1.165, 1.54) is 31.2 Å². The van der Waals surface area contributed by atoms with Crippen LogP contribution >= 0.6 is 0 Å². The molecule has 1 aromatic carbocycles. The lowest BCUT2D eigenvalue weighted by molar-refractivity contribution is -0.422. The Balaban J connectivity index is 3.18. The minimum atomic E-state index is -0.631. The zero-order valence-corrected chi connectivity index (χ0v) is 8.41. The van der Waals surface area contributed by atoms with Crippen LogP contribution in [0.1, 0.15) is 12.5 Å². The molecule has 2 N–H and O–H groups in total. The van der Waals surface area contributed by atoms with Crippen LogP contribution in [0.15, 0.2) is 23.9 Å². The molecule has 0 radical (unpaired) electrons. The Morgan fingerprint density at radius 3 is 2.50 bits per heavy atom. The molecule has 0 spiro atoms. The normalized spacial score (nSPS) is 11.2. The monoisotopic (exact) mass is 223 g/mol. The summed E-state index contributed by atoms with van der Waals surface area (Å²) >= 11 is 0. The van der Waals surface area contributed by atoms with Gasteiger partial charge in [0, 0.05) is 19.1 Å². The van der Waals surface area contributed by atoms with Crippen molar-refractivity contribution in [3.63, 3.8) is 0 Å². The summed E-state index contributed by atoms with van der Waals surface area (Å²) in [6.07, 6.45) is 1.24. The van der Waals surface area contributed by atoms with Crippen molar-refractivity contribution in [2.24, 2.45) is 0 Å². The maximum atomic E-state index is 10.6. The van der Waals surface area contributed by atoms with Gasteiger partial charge in [0.25, 0.3) is 5.69 Å². The van der Waals surface area contributed by atoms with E-state index in [0.29, 0.717) is 5.56 Å². The lowest BCUT2D eigenvalue weighted by Gasteiger charge is -1.98. The highest BCUT2D eigenvalue weighted by molar-refractivity contribution is 5.65. The van der Waals surface area contributed by atoms with Crippen LogP contribution in [0.3, 0.4) is 0 Å². The zero-order chi connectivity index (χ0) is 12.3. The van der Waals surface area contributed by atoms with Crippen molar-refractivity contribution in [2.45, 2.75) is 6.92 Å². The SMILES string of the molecule is CC(=Cc1ccc(N)c([N+](=O)[O-])c1)[N+](=O)[O-]. The Morgan fingerprint density at radius 2 is 2.00 bits per heavy atom. The molecule has 0 aliphatic heterocycles. The standard InChI is InChI=1S/C9H9N3O4/c1-6(11(13)14)4-7-2-3-8(10)9(5-7)12(15)16/h2-5H,10H2,1H3. The Bertz CT molecular complexity index is 482. The molecule has 0 saturated carbocycles. The smallest absolute Gasteiger partial charge is 0.292 e.